The average Bonchev–Trinajstić information content (AvgIpc) is 2.98. The Balaban J connectivity index is 1.91. The van der Waals surface area contributed by atoms with E-state index < -0.39 is 5.60 Å². The zero-order chi connectivity index (χ0) is 15.5. The fraction of sp³-hybridized carbons (Fsp3) is 0.588. The fourth-order valence-electron chi connectivity index (χ4n) is 3.00. The summed E-state index contributed by atoms with van der Waals surface area (Å²) in [6.45, 7) is 3.72. The van der Waals surface area contributed by atoms with Gasteiger partial charge in [-0.25, -0.2) is 4.39 Å². The summed E-state index contributed by atoms with van der Waals surface area (Å²) in [6.07, 6.45) is 4.64. The monoisotopic (exact) mass is 293 g/mol. The molecule has 0 aliphatic heterocycles. The summed E-state index contributed by atoms with van der Waals surface area (Å²) in [5, 5.41) is 13.3. The molecule has 1 fully saturated rings. The second-order valence-electron chi connectivity index (χ2n) is 6.33. The van der Waals surface area contributed by atoms with Crippen molar-refractivity contribution in [2.45, 2.75) is 45.1 Å². The molecular weight excluding hydrogens is 269 g/mol. The third kappa shape index (κ3) is 4.03. The van der Waals surface area contributed by atoms with Gasteiger partial charge in [0.15, 0.2) is 0 Å². The van der Waals surface area contributed by atoms with Crippen LogP contribution in [0.1, 0.15) is 45.1 Å². The van der Waals surface area contributed by atoms with Gasteiger partial charge in [-0.2, -0.15) is 0 Å². The maximum absolute atomic E-state index is 12.9. The van der Waals surface area contributed by atoms with Gasteiger partial charge in [0.1, 0.15) is 11.4 Å². The molecular formula is C17H24FNO2. The van der Waals surface area contributed by atoms with Gasteiger partial charge in [-0.3, -0.25) is 4.79 Å². The highest BCUT2D eigenvalue weighted by Gasteiger charge is 2.29. The van der Waals surface area contributed by atoms with Crippen molar-refractivity contribution < 1.29 is 14.3 Å². The number of benzene rings is 1. The molecule has 1 aromatic rings. The Morgan fingerprint density at radius 1 is 1.38 bits per heavy atom. The first-order valence-electron chi connectivity index (χ1n) is 7.66. The van der Waals surface area contributed by atoms with Crippen LogP contribution in [0.15, 0.2) is 24.3 Å². The van der Waals surface area contributed by atoms with Crippen molar-refractivity contribution in [1.29, 1.82) is 0 Å². The summed E-state index contributed by atoms with van der Waals surface area (Å²) < 4.78 is 12.9. The minimum Gasteiger partial charge on any atom is -0.384 e. The van der Waals surface area contributed by atoms with Crippen molar-refractivity contribution in [3.8, 4) is 0 Å². The van der Waals surface area contributed by atoms with Crippen LogP contribution >= 0.6 is 0 Å². The van der Waals surface area contributed by atoms with Gasteiger partial charge < -0.3 is 10.4 Å². The third-order valence-electron chi connectivity index (χ3n) is 4.59. The zero-order valence-electron chi connectivity index (χ0n) is 12.7. The number of rotatable bonds is 5. The zero-order valence-corrected chi connectivity index (χ0v) is 12.7. The summed E-state index contributed by atoms with van der Waals surface area (Å²) in [5.74, 6) is 0.0926. The van der Waals surface area contributed by atoms with Gasteiger partial charge in [-0.15, -0.1) is 0 Å². The van der Waals surface area contributed by atoms with E-state index in [1.807, 2.05) is 6.92 Å². The summed E-state index contributed by atoms with van der Waals surface area (Å²) >= 11 is 0. The van der Waals surface area contributed by atoms with E-state index in [2.05, 4.69) is 5.32 Å². The molecule has 0 aromatic heterocycles. The molecule has 1 aliphatic rings. The van der Waals surface area contributed by atoms with E-state index in [-0.39, 0.29) is 24.2 Å². The standard InChI is InChI=1S/C17H24FNO2/c1-12(13-5-3-4-6-13)16(20)19-11-17(2,21)14-7-9-15(18)10-8-14/h7-10,12-13,21H,3-6,11H2,1-2H3,(H,19,20). The summed E-state index contributed by atoms with van der Waals surface area (Å²) in [6, 6.07) is 5.71. The molecule has 116 valence electrons. The summed E-state index contributed by atoms with van der Waals surface area (Å²) in [7, 11) is 0. The Labute approximate surface area is 125 Å². The topological polar surface area (TPSA) is 49.3 Å². The fourth-order valence-corrected chi connectivity index (χ4v) is 3.00. The first-order chi connectivity index (χ1) is 9.90. The lowest BCUT2D eigenvalue weighted by Gasteiger charge is -2.26. The first kappa shape index (κ1) is 16.0. The van der Waals surface area contributed by atoms with E-state index in [4.69, 9.17) is 0 Å². The van der Waals surface area contributed by atoms with E-state index in [0.717, 1.165) is 12.8 Å². The smallest absolute Gasteiger partial charge is 0.223 e. The van der Waals surface area contributed by atoms with Crippen LogP contribution in [0.4, 0.5) is 4.39 Å². The van der Waals surface area contributed by atoms with Crippen LogP contribution in [0, 0.1) is 17.7 Å². The Bertz CT molecular complexity index is 478. The highest BCUT2D eigenvalue weighted by atomic mass is 19.1. The van der Waals surface area contributed by atoms with Crippen LogP contribution < -0.4 is 5.32 Å². The molecule has 1 saturated carbocycles. The van der Waals surface area contributed by atoms with Gasteiger partial charge in [-0.1, -0.05) is 31.9 Å². The lowest BCUT2D eigenvalue weighted by atomic mass is 9.91. The summed E-state index contributed by atoms with van der Waals surface area (Å²) in [4.78, 5) is 12.2. The van der Waals surface area contributed by atoms with Gasteiger partial charge in [0.05, 0.1) is 6.54 Å². The number of nitrogens with one attached hydrogen (secondary N) is 1. The molecule has 2 atom stereocenters. The van der Waals surface area contributed by atoms with Gasteiger partial charge in [-0.05, 0) is 43.4 Å². The highest BCUT2D eigenvalue weighted by molar-refractivity contribution is 5.78. The normalized spacial score (nSPS) is 20.0. The average molecular weight is 293 g/mol. The van der Waals surface area contributed by atoms with Crippen LogP contribution in [0.5, 0.6) is 0 Å². The molecule has 2 N–H and O–H groups in total. The number of hydrogen-bond acceptors (Lipinski definition) is 2. The van der Waals surface area contributed by atoms with Crippen molar-refractivity contribution in [1.82, 2.24) is 5.32 Å². The molecule has 0 saturated heterocycles. The number of carbonyl (C=O) groups excluding carboxylic acids is 1. The molecule has 1 amide bonds. The predicted octanol–water partition coefficient (Wildman–Crippen LogP) is 2.98. The van der Waals surface area contributed by atoms with E-state index >= 15 is 0 Å². The van der Waals surface area contributed by atoms with Gasteiger partial charge in [0.2, 0.25) is 5.91 Å². The third-order valence-corrected chi connectivity index (χ3v) is 4.59. The Morgan fingerprint density at radius 2 is 1.95 bits per heavy atom. The molecule has 0 radical (unpaired) electrons. The Morgan fingerprint density at radius 3 is 2.52 bits per heavy atom. The maximum Gasteiger partial charge on any atom is 0.223 e. The molecule has 3 nitrogen and oxygen atoms in total. The van der Waals surface area contributed by atoms with E-state index in [1.54, 1.807) is 19.1 Å². The van der Waals surface area contributed by atoms with Crippen molar-refractivity contribution >= 4 is 5.91 Å². The minimum absolute atomic E-state index is 0.00992. The second-order valence-corrected chi connectivity index (χ2v) is 6.33. The van der Waals surface area contributed by atoms with Gasteiger partial charge in [0.25, 0.3) is 0 Å². The molecule has 4 heteroatoms. The molecule has 0 heterocycles. The van der Waals surface area contributed by atoms with E-state index in [9.17, 15) is 14.3 Å². The van der Waals surface area contributed by atoms with Crippen LogP contribution in [0.2, 0.25) is 0 Å². The predicted molar refractivity (Wildman–Crippen MR) is 80.1 cm³/mol. The first-order valence-corrected chi connectivity index (χ1v) is 7.66. The van der Waals surface area contributed by atoms with Crippen LogP contribution in [-0.2, 0) is 10.4 Å². The van der Waals surface area contributed by atoms with Gasteiger partial charge in [0, 0.05) is 5.92 Å². The van der Waals surface area contributed by atoms with Crippen LogP contribution in [0.25, 0.3) is 0 Å². The summed E-state index contributed by atoms with van der Waals surface area (Å²) in [5.41, 5.74) is -0.601. The van der Waals surface area contributed by atoms with Crippen molar-refractivity contribution in [3.05, 3.63) is 35.6 Å². The number of amides is 1. The van der Waals surface area contributed by atoms with Gasteiger partial charge >= 0.3 is 0 Å². The molecule has 0 bridgehead atoms. The molecule has 1 aromatic carbocycles. The lowest BCUT2D eigenvalue weighted by molar-refractivity contribution is -0.127. The molecule has 1 aliphatic carbocycles. The SMILES string of the molecule is CC(C(=O)NCC(C)(O)c1ccc(F)cc1)C1CCCC1. The number of carbonyl (C=O) groups is 1. The maximum atomic E-state index is 12.9. The number of halogens is 1. The van der Waals surface area contributed by atoms with E-state index in [0.29, 0.717) is 11.5 Å². The largest absolute Gasteiger partial charge is 0.384 e. The van der Waals surface area contributed by atoms with Crippen LogP contribution in [-0.4, -0.2) is 17.6 Å². The molecule has 2 rings (SSSR count). The van der Waals surface area contributed by atoms with Crippen molar-refractivity contribution in [3.63, 3.8) is 0 Å². The van der Waals surface area contributed by atoms with Crippen LogP contribution in [0.3, 0.4) is 0 Å². The second kappa shape index (κ2) is 6.56. The quantitative estimate of drug-likeness (QED) is 0.877. The number of hydrogen-bond donors (Lipinski definition) is 2. The Hall–Kier alpha value is -1.42. The Kier molecular flexibility index (Phi) is 4.99. The van der Waals surface area contributed by atoms with E-state index in [1.165, 1.54) is 25.0 Å². The number of aliphatic hydroxyl groups is 1. The molecule has 21 heavy (non-hydrogen) atoms. The lowest BCUT2D eigenvalue weighted by Crippen LogP contribution is -2.41. The molecule has 0 spiro atoms. The molecule has 2 unspecified atom stereocenters. The van der Waals surface area contributed by atoms with Crippen molar-refractivity contribution in [2.24, 2.45) is 11.8 Å². The van der Waals surface area contributed by atoms with Crippen molar-refractivity contribution in [2.75, 3.05) is 6.54 Å². The highest BCUT2D eigenvalue weighted by Crippen LogP contribution is 2.31. The minimum atomic E-state index is -1.20.